The molecule has 0 fully saturated rings. The lowest BCUT2D eigenvalue weighted by Crippen LogP contribution is -2.21. The first-order chi connectivity index (χ1) is 12.0. The lowest BCUT2D eigenvalue weighted by Gasteiger charge is -2.09. The summed E-state index contributed by atoms with van der Waals surface area (Å²) in [6, 6.07) is 11.4. The zero-order valence-corrected chi connectivity index (χ0v) is 15.1. The molecule has 0 bridgehead atoms. The van der Waals surface area contributed by atoms with Crippen LogP contribution < -0.4 is 10.1 Å². The van der Waals surface area contributed by atoms with Crippen molar-refractivity contribution in [1.82, 2.24) is 0 Å². The number of anilines is 1. The quantitative estimate of drug-likeness (QED) is 0.712. The maximum Gasteiger partial charge on any atom is 0.338 e. The van der Waals surface area contributed by atoms with Gasteiger partial charge < -0.3 is 14.8 Å². The minimum atomic E-state index is -0.602. The van der Waals surface area contributed by atoms with E-state index in [1.54, 1.807) is 42.5 Å². The minimum absolute atomic E-state index is 0.228. The summed E-state index contributed by atoms with van der Waals surface area (Å²) in [5.41, 5.74) is 0.685. The van der Waals surface area contributed by atoms with Crippen molar-refractivity contribution in [1.29, 1.82) is 0 Å². The van der Waals surface area contributed by atoms with Crippen LogP contribution >= 0.6 is 23.2 Å². The van der Waals surface area contributed by atoms with Crippen LogP contribution in [0.5, 0.6) is 5.75 Å². The lowest BCUT2D eigenvalue weighted by molar-refractivity contribution is -0.119. The van der Waals surface area contributed by atoms with Crippen molar-refractivity contribution in [3.05, 3.63) is 58.1 Å². The SMILES string of the molecule is CCCOc1ccc(C(=O)OCC(=O)Nc2cccc(Cl)c2Cl)cc1. The van der Waals surface area contributed by atoms with Crippen LogP contribution in [0, 0.1) is 0 Å². The fourth-order valence-corrected chi connectivity index (χ4v) is 2.26. The number of benzene rings is 2. The Balaban J connectivity index is 1.86. The molecule has 0 aromatic heterocycles. The van der Waals surface area contributed by atoms with Crippen molar-refractivity contribution in [3.8, 4) is 5.75 Å². The zero-order chi connectivity index (χ0) is 18.2. The summed E-state index contributed by atoms with van der Waals surface area (Å²) in [7, 11) is 0. The molecule has 0 unspecified atom stereocenters. The Hall–Kier alpha value is -2.24. The molecule has 2 rings (SSSR count). The summed E-state index contributed by atoms with van der Waals surface area (Å²) in [5.74, 6) is -0.443. The average Bonchev–Trinajstić information content (AvgIpc) is 2.62. The van der Waals surface area contributed by atoms with Gasteiger partial charge in [0.25, 0.3) is 5.91 Å². The van der Waals surface area contributed by atoms with Gasteiger partial charge in [-0.25, -0.2) is 4.79 Å². The van der Waals surface area contributed by atoms with Crippen molar-refractivity contribution in [2.24, 2.45) is 0 Å². The molecular weight excluding hydrogens is 365 g/mol. The van der Waals surface area contributed by atoms with Crippen molar-refractivity contribution in [3.63, 3.8) is 0 Å². The highest BCUT2D eigenvalue weighted by Gasteiger charge is 2.12. The monoisotopic (exact) mass is 381 g/mol. The van der Waals surface area contributed by atoms with Gasteiger partial charge in [-0.2, -0.15) is 0 Å². The average molecular weight is 382 g/mol. The van der Waals surface area contributed by atoms with Gasteiger partial charge >= 0.3 is 5.97 Å². The molecule has 7 heteroatoms. The highest BCUT2D eigenvalue weighted by molar-refractivity contribution is 6.44. The fourth-order valence-electron chi connectivity index (χ4n) is 1.91. The number of amides is 1. The molecule has 0 aliphatic rings. The Morgan fingerprint density at radius 2 is 1.80 bits per heavy atom. The normalized spacial score (nSPS) is 10.2. The van der Waals surface area contributed by atoms with Crippen molar-refractivity contribution < 1.29 is 19.1 Å². The van der Waals surface area contributed by atoms with Gasteiger partial charge in [-0.15, -0.1) is 0 Å². The molecule has 25 heavy (non-hydrogen) atoms. The molecular formula is C18H17Cl2NO4. The smallest absolute Gasteiger partial charge is 0.338 e. The standard InChI is InChI=1S/C18H17Cl2NO4/c1-2-10-24-13-8-6-12(7-9-13)18(23)25-11-16(22)21-15-5-3-4-14(19)17(15)20/h3-9H,2,10-11H2,1H3,(H,21,22). The van der Waals surface area contributed by atoms with E-state index in [9.17, 15) is 9.59 Å². The van der Waals surface area contributed by atoms with Crippen LogP contribution in [0.15, 0.2) is 42.5 Å². The van der Waals surface area contributed by atoms with Crippen molar-refractivity contribution in [2.75, 3.05) is 18.5 Å². The molecule has 0 spiro atoms. The number of nitrogens with one attached hydrogen (secondary N) is 1. The summed E-state index contributed by atoms with van der Waals surface area (Å²) in [5, 5.41) is 3.09. The molecule has 0 atom stereocenters. The Kier molecular flexibility index (Phi) is 7.10. The molecule has 5 nitrogen and oxygen atoms in total. The van der Waals surface area contributed by atoms with Gasteiger partial charge in [0.1, 0.15) is 5.75 Å². The van der Waals surface area contributed by atoms with Crippen LogP contribution in [0.1, 0.15) is 23.7 Å². The molecule has 2 aromatic carbocycles. The van der Waals surface area contributed by atoms with Crippen LogP contribution in [0.4, 0.5) is 5.69 Å². The van der Waals surface area contributed by atoms with E-state index in [0.717, 1.165) is 6.42 Å². The molecule has 1 amide bonds. The first-order valence-electron chi connectivity index (χ1n) is 7.65. The number of hydrogen-bond acceptors (Lipinski definition) is 4. The number of esters is 1. The van der Waals surface area contributed by atoms with E-state index in [1.165, 1.54) is 0 Å². The highest BCUT2D eigenvalue weighted by Crippen LogP contribution is 2.29. The topological polar surface area (TPSA) is 64.6 Å². The Morgan fingerprint density at radius 1 is 1.08 bits per heavy atom. The van der Waals surface area contributed by atoms with Crippen LogP contribution in [-0.2, 0) is 9.53 Å². The highest BCUT2D eigenvalue weighted by atomic mass is 35.5. The number of halogens is 2. The molecule has 0 saturated carbocycles. The predicted molar refractivity (Wildman–Crippen MR) is 97.6 cm³/mol. The van der Waals surface area contributed by atoms with E-state index in [-0.39, 0.29) is 5.02 Å². The Bertz CT molecular complexity index is 747. The first-order valence-corrected chi connectivity index (χ1v) is 8.40. The molecule has 2 aromatic rings. The zero-order valence-electron chi connectivity index (χ0n) is 13.6. The number of carbonyl (C=O) groups is 2. The van der Waals surface area contributed by atoms with Crippen LogP contribution in [0.25, 0.3) is 0 Å². The molecule has 0 saturated heterocycles. The third-order valence-corrected chi connectivity index (χ3v) is 3.94. The van der Waals surface area contributed by atoms with E-state index in [4.69, 9.17) is 32.7 Å². The van der Waals surface area contributed by atoms with Gasteiger partial charge in [-0.1, -0.05) is 36.2 Å². The molecule has 0 heterocycles. The molecule has 1 N–H and O–H groups in total. The van der Waals surface area contributed by atoms with Gasteiger partial charge in [-0.3, -0.25) is 4.79 Å². The van der Waals surface area contributed by atoms with E-state index in [2.05, 4.69) is 5.32 Å². The summed E-state index contributed by atoms with van der Waals surface area (Å²) in [4.78, 5) is 23.8. The third-order valence-electron chi connectivity index (χ3n) is 3.12. The van der Waals surface area contributed by atoms with E-state index < -0.39 is 18.5 Å². The second-order valence-corrected chi connectivity index (χ2v) is 5.88. The number of ether oxygens (including phenoxy) is 2. The van der Waals surface area contributed by atoms with Crippen LogP contribution in [0.3, 0.4) is 0 Å². The minimum Gasteiger partial charge on any atom is -0.494 e. The molecule has 132 valence electrons. The summed E-state index contributed by atoms with van der Waals surface area (Å²) in [6.07, 6.45) is 0.898. The fraction of sp³-hybridized carbons (Fsp3) is 0.222. The third kappa shape index (κ3) is 5.66. The maximum atomic E-state index is 12.0. The molecule has 0 aliphatic heterocycles. The van der Waals surface area contributed by atoms with Crippen molar-refractivity contribution in [2.45, 2.75) is 13.3 Å². The van der Waals surface area contributed by atoms with Gasteiger partial charge in [0.2, 0.25) is 0 Å². The number of hydrogen-bond donors (Lipinski definition) is 1. The number of carbonyl (C=O) groups excluding carboxylic acids is 2. The first kappa shape index (κ1) is 19.1. The Morgan fingerprint density at radius 3 is 2.48 bits per heavy atom. The van der Waals surface area contributed by atoms with Gasteiger partial charge in [0.05, 0.1) is 27.9 Å². The van der Waals surface area contributed by atoms with E-state index in [1.807, 2.05) is 6.92 Å². The summed E-state index contributed by atoms with van der Waals surface area (Å²) in [6.45, 7) is 2.18. The van der Waals surface area contributed by atoms with Crippen LogP contribution in [-0.4, -0.2) is 25.1 Å². The lowest BCUT2D eigenvalue weighted by atomic mass is 10.2. The largest absolute Gasteiger partial charge is 0.494 e. The van der Waals surface area contributed by atoms with E-state index in [0.29, 0.717) is 28.6 Å². The van der Waals surface area contributed by atoms with Gasteiger partial charge in [-0.05, 0) is 42.8 Å². The Labute approximate surface area is 155 Å². The van der Waals surface area contributed by atoms with Gasteiger partial charge in [0.15, 0.2) is 6.61 Å². The second kappa shape index (κ2) is 9.30. The molecule has 0 radical (unpaired) electrons. The van der Waals surface area contributed by atoms with Crippen molar-refractivity contribution >= 4 is 40.8 Å². The molecule has 0 aliphatic carbocycles. The maximum absolute atomic E-state index is 12.0. The second-order valence-electron chi connectivity index (χ2n) is 5.10. The van der Waals surface area contributed by atoms with E-state index >= 15 is 0 Å². The summed E-state index contributed by atoms with van der Waals surface area (Å²) < 4.78 is 10.4. The number of rotatable bonds is 7. The predicted octanol–water partition coefficient (Wildman–Crippen LogP) is 4.58. The van der Waals surface area contributed by atoms with Gasteiger partial charge in [0, 0.05) is 0 Å². The summed E-state index contributed by atoms with van der Waals surface area (Å²) >= 11 is 11.9. The van der Waals surface area contributed by atoms with Crippen LogP contribution in [0.2, 0.25) is 10.0 Å².